The minimum atomic E-state index is 0.315. The molecule has 0 spiro atoms. The molecule has 172 valence electrons. The van der Waals surface area contributed by atoms with E-state index in [1.165, 1.54) is 37.1 Å². The predicted molar refractivity (Wildman–Crippen MR) is 135 cm³/mol. The molecule has 3 fully saturated rings. The third-order valence-electron chi connectivity index (χ3n) is 7.68. The van der Waals surface area contributed by atoms with Crippen LogP contribution < -0.4 is 14.4 Å². The standard InChI is InChI=1S/C29H34N2O2/c1-30(24-18-25(32-2)20-26(19-24)33-3)28-23-14-16-31(17-15-23)29(28)27(21-10-6-4-7-11-21)22-12-8-5-9-13-22/h4-13,18-20,23,27-29H,14-17H2,1-3H3/t28-,29-/m1/s1. The predicted octanol–water partition coefficient (Wildman–Crippen LogP) is 5.43. The van der Waals surface area contributed by atoms with Gasteiger partial charge in [-0.05, 0) is 43.0 Å². The maximum atomic E-state index is 5.59. The van der Waals surface area contributed by atoms with Gasteiger partial charge in [-0.2, -0.15) is 0 Å². The molecule has 0 amide bonds. The van der Waals surface area contributed by atoms with Crippen molar-refractivity contribution in [2.24, 2.45) is 5.92 Å². The quantitative estimate of drug-likeness (QED) is 0.487. The minimum absolute atomic E-state index is 0.315. The smallest absolute Gasteiger partial charge is 0.124 e. The van der Waals surface area contributed by atoms with Gasteiger partial charge >= 0.3 is 0 Å². The van der Waals surface area contributed by atoms with Gasteiger partial charge in [0.05, 0.1) is 14.2 Å². The van der Waals surface area contributed by atoms with Gasteiger partial charge in [0, 0.05) is 48.9 Å². The first kappa shape index (κ1) is 21.8. The van der Waals surface area contributed by atoms with Gasteiger partial charge in [0.2, 0.25) is 0 Å². The first-order valence-electron chi connectivity index (χ1n) is 12.0. The number of benzene rings is 3. The number of likely N-dealkylation sites (N-methyl/N-ethyl adjacent to an activating group) is 1. The van der Waals surface area contributed by atoms with Gasteiger partial charge in [-0.3, -0.25) is 4.90 Å². The van der Waals surface area contributed by atoms with Gasteiger partial charge in [-0.25, -0.2) is 0 Å². The molecular weight excluding hydrogens is 408 g/mol. The van der Waals surface area contributed by atoms with Gasteiger partial charge in [0.15, 0.2) is 0 Å². The average molecular weight is 443 g/mol. The number of hydrogen-bond acceptors (Lipinski definition) is 4. The second-order valence-corrected chi connectivity index (χ2v) is 9.34. The van der Waals surface area contributed by atoms with Crippen LogP contribution in [0.2, 0.25) is 0 Å². The molecule has 0 saturated carbocycles. The summed E-state index contributed by atoms with van der Waals surface area (Å²) in [5.74, 6) is 2.64. The van der Waals surface area contributed by atoms with Crippen molar-refractivity contribution in [1.29, 1.82) is 0 Å². The summed E-state index contributed by atoms with van der Waals surface area (Å²) in [5, 5.41) is 0. The lowest BCUT2D eigenvalue weighted by atomic mass is 9.70. The molecule has 2 atom stereocenters. The number of methoxy groups -OCH3 is 2. The zero-order chi connectivity index (χ0) is 22.8. The van der Waals surface area contributed by atoms with Crippen LogP contribution in [0.25, 0.3) is 0 Å². The first-order valence-corrected chi connectivity index (χ1v) is 12.0. The number of ether oxygens (including phenoxy) is 2. The van der Waals surface area contributed by atoms with E-state index < -0.39 is 0 Å². The van der Waals surface area contributed by atoms with Crippen molar-refractivity contribution in [3.63, 3.8) is 0 Å². The second kappa shape index (κ2) is 9.48. The van der Waals surface area contributed by atoms with Crippen LogP contribution >= 0.6 is 0 Å². The Labute approximate surface area is 197 Å². The van der Waals surface area contributed by atoms with E-state index in [4.69, 9.17) is 9.47 Å². The Balaban J connectivity index is 1.60. The molecule has 4 nitrogen and oxygen atoms in total. The van der Waals surface area contributed by atoms with E-state index in [0.29, 0.717) is 23.9 Å². The van der Waals surface area contributed by atoms with Crippen LogP contribution in [0.15, 0.2) is 78.9 Å². The molecule has 3 aliphatic rings. The number of hydrogen-bond donors (Lipinski definition) is 0. The van der Waals surface area contributed by atoms with Crippen molar-refractivity contribution in [1.82, 2.24) is 4.90 Å². The molecule has 0 unspecified atom stereocenters. The van der Waals surface area contributed by atoms with Gasteiger partial charge in [-0.15, -0.1) is 0 Å². The summed E-state index contributed by atoms with van der Waals surface area (Å²) < 4.78 is 11.2. The Morgan fingerprint density at radius 3 is 1.79 bits per heavy atom. The van der Waals surface area contributed by atoms with Crippen LogP contribution in [0.3, 0.4) is 0 Å². The summed E-state index contributed by atoms with van der Waals surface area (Å²) in [6.07, 6.45) is 2.51. The molecule has 0 N–H and O–H groups in total. The Morgan fingerprint density at radius 2 is 1.30 bits per heavy atom. The van der Waals surface area contributed by atoms with Crippen LogP contribution in [0.5, 0.6) is 11.5 Å². The third kappa shape index (κ3) is 4.20. The van der Waals surface area contributed by atoms with Crippen molar-refractivity contribution in [2.45, 2.75) is 30.8 Å². The topological polar surface area (TPSA) is 24.9 Å². The highest BCUT2D eigenvalue weighted by atomic mass is 16.5. The summed E-state index contributed by atoms with van der Waals surface area (Å²) in [5.41, 5.74) is 3.93. The summed E-state index contributed by atoms with van der Waals surface area (Å²) in [6.45, 7) is 2.36. The molecule has 3 heterocycles. The van der Waals surface area contributed by atoms with Gasteiger partial charge in [-0.1, -0.05) is 60.7 Å². The average Bonchev–Trinajstić information content (AvgIpc) is 2.90. The number of nitrogens with zero attached hydrogens (tertiary/aromatic N) is 2. The molecule has 3 aromatic rings. The summed E-state index contributed by atoms with van der Waals surface area (Å²) in [7, 11) is 5.69. The molecule has 3 saturated heterocycles. The maximum Gasteiger partial charge on any atom is 0.124 e. The number of anilines is 1. The molecule has 3 aromatic carbocycles. The maximum absolute atomic E-state index is 5.59. The van der Waals surface area contributed by atoms with E-state index in [1.807, 2.05) is 6.07 Å². The van der Waals surface area contributed by atoms with Crippen molar-refractivity contribution < 1.29 is 9.47 Å². The molecule has 3 aliphatic heterocycles. The highest BCUT2D eigenvalue weighted by Gasteiger charge is 2.48. The Hall–Kier alpha value is -2.98. The second-order valence-electron chi connectivity index (χ2n) is 9.34. The molecule has 6 rings (SSSR count). The number of fused-ring (bicyclic) bond motifs is 3. The first-order chi connectivity index (χ1) is 16.2. The highest BCUT2D eigenvalue weighted by molar-refractivity contribution is 5.57. The van der Waals surface area contributed by atoms with E-state index >= 15 is 0 Å². The van der Waals surface area contributed by atoms with E-state index in [-0.39, 0.29) is 0 Å². The van der Waals surface area contributed by atoms with Gasteiger partial charge in [0.1, 0.15) is 11.5 Å². The van der Waals surface area contributed by atoms with Crippen molar-refractivity contribution >= 4 is 5.69 Å². The van der Waals surface area contributed by atoms with Crippen molar-refractivity contribution in [3.05, 3.63) is 90.0 Å². The van der Waals surface area contributed by atoms with E-state index in [2.05, 4.69) is 89.6 Å². The molecule has 0 aromatic heterocycles. The number of rotatable bonds is 7. The monoisotopic (exact) mass is 442 g/mol. The minimum Gasteiger partial charge on any atom is -0.497 e. The number of piperidine rings is 3. The van der Waals surface area contributed by atoms with Crippen molar-refractivity contribution in [2.75, 3.05) is 39.3 Å². The summed E-state index contributed by atoms with van der Waals surface area (Å²) in [4.78, 5) is 5.23. The van der Waals surface area contributed by atoms with Crippen molar-refractivity contribution in [3.8, 4) is 11.5 Å². The lowest BCUT2D eigenvalue weighted by molar-refractivity contribution is 0.0186. The Kier molecular flexibility index (Phi) is 6.28. The zero-order valence-corrected chi connectivity index (χ0v) is 19.9. The molecule has 0 aliphatic carbocycles. The Morgan fingerprint density at radius 1 is 0.788 bits per heavy atom. The lowest BCUT2D eigenvalue weighted by Crippen LogP contribution is -2.65. The molecule has 4 heteroatoms. The summed E-state index contributed by atoms with van der Waals surface area (Å²) in [6, 6.07) is 29.1. The normalized spacial score (nSPS) is 24.0. The zero-order valence-electron chi connectivity index (χ0n) is 19.9. The van der Waals surface area contributed by atoms with E-state index in [1.54, 1.807) is 14.2 Å². The fourth-order valence-electron chi connectivity index (χ4n) is 6.08. The van der Waals surface area contributed by atoms with E-state index in [0.717, 1.165) is 17.2 Å². The summed E-state index contributed by atoms with van der Waals surface area (Å²) >= 11 is 0. The highest BCUT2D eigenvalue weighted by Crippen LogP contribution is 2.45. The van der Waals surface area contributed by atoms with Crippen LogP contribution in [-0.4, -0.2) is 51.3 Å². The van der Waals surface area contributed by atoms with Gasteiger partial charge in [0.25, 0.3) is 0 Å². The Bertz CT molecular complexity index is 986. The molecule has 33 heavy (non-hydrogen) atoms. The molecule has 2 bridgehead atoms. The molecule has 0 radical (unpaired) electrons. The van der Waals surface area contributed by atoms with Crippen LogP contribution in [0, 0.1) is 5.92 Å². The largest absolute Gasteiger partial charge is 0.497 e. The van der Waals surface area contributed by atoms with E-state index in [9.17, 15) is 0 Å². The SMILES string of the molecule is COc1cc(OC)cc(N(C)[C@@H]2C3CCN(CC3)[C@@H]2C(c2ccccc2)c2ccccc2)c1. The van der Waals surface area contributed by atoms with Gasteiger partial charge < -0.3 is 14.4 Å². The lowest BCUT2D eigenvalue weighted by Gasteiger charge is -2.56. The van der Waals surface area contributed by atoms with Crippen LogP contribution in [-0.2, 0) is 0 Å². The molecular formula is C29H34N2O2. The fraction of sp³-hybridized carbons (Fsp3) is 0.379. The fourth-order valence-corrected chi connectivity index (χ4v) is 6.08. The van der Waals surface area contributed by atoms with Crippen LogP contribution in [0.1, 0.15) is 29.9 Å². The third-order valence-corrected chi connectivity index (χ3v) is 7.68. The van der Waals surface area contributed by atoms with Crippen LogP contribution in [0.4, 0.5) is 5.69 Å².